The maximum absolute atomic E-state index is 13.2. The summed E-state index contributed by atoms with van der Waals surface area (Å²) in [6.07, 6.45) is 1.96. The third-order valence-corrected chi connectivity index (χ3v) is 4.44. The van der Waals surface area contributed by atoms with Crippen molar-refractivity contribution in [1.82, 2.24) is 10.2 Å². The molecule has 1 heterocycles. The van der Waals surface area contributed by atoms with Crippen LogP contribution in [0.25, 0.3) is 0 Å². The SMILES string of the molecule is COCCN1CCC(CNC(=O)c2cc(F)c(F)cc2Cl)CC1. The molecule has 7 heteroatoms. The molecule has 0 bridgehead atoms. The number of piperidine rings is 1. The fourth-order valence-corrected chi connectivity index (χ4v) is 2.90. The number of rotatable bonds is 6. The second-order valence-corrected chi connectivity index (χ2v) is 6.14. The minimum atomic E-state index is -1.08. The monoisotopic (exact) mass is 346 g/mol. The Kier molecular flexibility index (Phi) is 6.74. The second kappa shape index (κ2) is 8.57. The van der Waals surface area contributed by atoms with Crippen LogP contribution in [0, 0.1) is 17.6 Å². The average Bonchev–Trinajstić information content (AvgIpc) is 2.55. The number of hydrogen-bond acceptors (Lipinski definition) is 3. The molecule has 0 saturated carbocycles. The molecule has 128 valence electrons. The van der Waals surface area contributed by atoms with Crippen molar-refractivity contribution in [3.63, 3.8) is 0 Å². The van der Waals surface area contributed by atoms with Gasteiger partial charge in [-0.05, 0) is 44.0 Å². The lowest BCUT2D eigenvalue weighted by Crippen LogP contribution is -2.39. The van der Waals surface area contributed by atoms with Crippen LogP contribution in [0.4, 0.5) is 8.78 Å². The third-order valence-electron chi connectivity index (χ3n) is 4.12. The molecule has 1 aliphatic rings. The maximum Gasteiger partial charge on any atom is 0.252 e. The van der Waals surface area contributed by atoms with Crippen molar-refractivity contribution in [3.05, 3.63) is 34.4 Å². The molecule has 1 amide bonds. The van der Waals surface area contributed by atoms with Gasteiger partial charge in [-0.25, -0.2) is 8.78 Å². The highest BCUT2D eigenvalue weighted by Gasteiger charge is 2.21. The van der Waals surface area contributed by atoms with Crippen LogP contribution in [0.2, 0.25) is 5.02 Å². The zero-order chi connectivity index (χ0) is 16.8. The van der Waals surface area contributed by atoms with Crippen molar-refractivity contribution < 1.29 is 18.3 Å². The molecule has 2 rings (SSSR count). The summed E-state index contributed by atoms with van der Waals surface area (Å²) >= 11 is 5.80. The minimum absolute atomic E-state index is 0.0388. The molecule has 1 aliphatic heterocycles. The average molecular weight is 347 g/mol. The molecular formula is C16H21ClF2N2O2. The Morgan fingerprint density at radius 3 is 2.65 bits per heavy atom. The maximum atomic E-state index is 13.2. The van der Waals surface area contributed by atoms with E-state index in [0.29, 0.717) is 12.5 Å². The first-order valence-electron chi connectivity index (χ1n) is 7.65. The van der Waals surface area contributed by atoms with Gasteiger partial charge in [0.25, 0.3) is 5.91 Å². The van der Waals surface area contributed by atoms with Gasteiger partial charge in [-0.15, -0.1) is 0 Å². The van der Waals surface area contributed by atoms with E-state index >= 15 is 0 Å². The second-order valence-electron chi connectivity index (χ2n) is 5.73. The Balaban J connectivity index is 1.81. The molecule has 0 spiro atoms. The first-order valence-corrected chi connectivity index (χ1v) is 8.03. The molecule has 0 unspecified atom stereocenters. The summed E-state index contributed by atoms with van der Waals surface area (Å²) in [6, 6.07) is 1.65. The third kappa shape index (κ3) is 5.12. The van der Waals surface area contributed by atoms with E-state index in [1.807, 2.05) is 0 Å². The smallest absolute Gasteiger partial charge is 0.252 e. The van der Waals surface area contributed by atoms with Crippen LogP contribution >= 0.6 is 11.6 Å². The summed E-state index contributed by atoms with van der Waals surface area (Å²) < 4.78 is 31.3. The van der Waals surface area contributed by atoms with Gasteiger partial charge in [-0.3, -0.25) is 4.79 Å². The fraction of sp³-hybridized carbons (Fsp3) is 0.562. The van der Waals surface area contributed by atoms with E-state index in [-0.39, 0.29) is 10.6 Å². The molecule has 0 aliphatic carbocycles. The molecule has 0 aromatic heterocycles. The highest BCUT2D eigenvalue weighted by molar-refractivity contribution is 6.33. The van der Waals surface area contributed by atoms with Gasteiger partial charge < -0.3 is 15.0 Å². The number of methoxy groups -OCH3 is 1. The molecule has 23 heavy (non-hydrogen) atoms. The number of halogens is 3. The van der Waals surface area contributed by atoms with Crippen molar-refractivity contribution >= 4 is 17.5 Å². The predicted molar refractivity (Wildman–Crippen MR) is 84.7 cm³/mol. The molecule has 0 radical (unpaired) electrons. The van der Waals surface area contributed by atoms with Crippen LogP contribution in [0.5, 0.6) is 0 Å². The van der Waals surface area contributed by atoms with Crippen LogP contribution in [0.1, 0.15) is 23.2 Å². The number of ether oxygens (including phenoxy) is 1. The lowest BCUT2D eigenvalue weighted by Gasteiger charge is -2.31. The molecule has 1 aromatic carbocycles. The molecule has 1 N–H and O–H groups in total. The Morgan fingerprint density at radius 1 is 1.35 bits per heavy atom. The van der Waals surface area contributed by atoms with Crippen molar-refractivity contribution in [2.24, 2.45) is 5.92 Å². The van der Waals surface area contributed by atoms with Crippen molar-refractivity contribution in [3.8, 4) is 0 Å². The number of nitrogens with one attached hydrogen (secondary N) is 1. The zero-order valence-corrected chi connectivity index (χ0v) is 13.8. The molecule has 1 aromatic rings. The summed E-state index contributed by atoms with van der Waals surface area (Å²) in [5, 5.41) is 2.67. The van der Waals surface area contributed by atoms with E-state index < -0.39 is 17.5 Å². The summed E-state index contributed by atoms with van der Waals surface area (Å²) in [4.78, 5) is 14.4. The van der Waals surface area contributed by atoms with Crippen LogP contribution in [-0.2, 0) is 4.74 Å². The Bertz CT molecular complexity index is 549. The topological polar surface area (TPSA) is 41.6 Å². The number of benzene rings is 1. The normalized spacial score (nSPS) is 16.5. The first kappa shape index (κ1) is 18.1. The molecular weight excluding hydrogens is 326 g/mol. The van der Waals surface area contributed by atoms with Gasteiger partial charge >= 0.3 is 0 Å². The quantitative estimate of drug-likeness (QED) is 0.805. The number of hydrogen-bond donors (Lipinski definition) is 1. The summed E-state index contributed by atoms with van der Waals surface area (Å²) in [6.45, 7) is 4.08. The highest BCUT2D eigenvalue weighted by Crippen LogP contribution is 2.21. The highest BCUT2D eigenvalue weighted by atomic mass is 35.5. The Morgan fingerprint density at radius 2 is 2.00 bits per heavy atom. The van der Waals surface area contributed by atoms with Crippen LogP contribution < -0.4 is 5.32 Å². The number of amides is 1. The van der Waals surface area contributed by atoms with Crippen molar-refractivity contribution in [1.29, 1.82) is 0 Å². The van der Waals surface area contributed by atoms with Crippen LogP contribution in [0.15, 0.2) is 12.1 Å². The van der Waals surface area contributed by atoms with E-state index in [2.05, 4.69) is 10.2 Å². The molecule has 4 nitrogen and oxygen atoms in total. The Labute approximate surface area is 139 Å². The largest absolute Gasteiger partial charge is 0.383 e. The molecule has 1 fully saturated rings. The van der Waals surface area contributed by atoms with Crippen LogP contribution in [0.3, 0.4) is 0 Å². The van der Waals surface area contributed by atoms with Gasteiger partial charge in [0, 0.05) is 20.2 Å². The number of carbonyl (C=O) groups is 1. The zero-order valence-electron chi connectivity index (χ0n) is 13.1. The number of carbonyl (C=O) groups excluding carboxylic acids is 1. The summed E-state index contributed by atoms with van der Waals surface area (Å²) in [5.74, 6) is -2.24. The van der Waals surface area contributed by atoms with Gasteiger partial charge in [0.05, 0.1) is 17.2 Å². The molecule has 1 saturated heterocycles. The van der Waals surface area contributed by atoms with Crippen molar-refractivity contribution in [2.75, 3.05) is 39.9 Å². The van der Waals surface area contributed by atoms with Gasteiger partial charge in [0.15, 0.2) is 11.6 Å². The van der Waals surface area contributed by atoms with Gasteiger partial charge in [0.1, 0.15) is 0 Å². The van der Waals surface area contributed by atoms with E-state index in [4.69, 9.17) is 16.3 Å². The summed E-state index contributed by atoms with van der Waals surface area (Å²) in [7, 11) is 1.69. The van der Waals surface area contributed by atoms with E-state index in [1.54, 1.807) is 7.11 Å². The van der Waals surface area contributed by atoms with E-state index in [1.165, 1.54) is 0 Å². The molecule has 0 atom stereocenters. The standard InChI is InChI=1S/C16H21ClF2N2O2/c1-23-7-6-21-4-2-11(3-5-21)10-20-16(22)12-8-14(18)15(19)9-13(12)17/h8-9,11H,2-7,10H2,1H3,(H,20,22). The van der Waals surface area contributed by atoms with Crippen LogP contribution in [-0.4, -0.2) is 50.7 Å². The van der Waals surface area contributed by atoms with Gasteiger partial charge in [0.2, 0.25) is 0 Å². The lowest BCUT2D eigenvalue weighted by atomic mass is 9.96. The van der Waals surface area contributed by atoms with Crippen molar-refractivity contribution in [2.45, 2.75) is 12.8 Å². The van der Waals surface area contributed by atoms with Gasteiger partial charge in [-0.1, -0.05) is 11.6 Å². The number of likely N-dealkylation sites (tertiary alicyclic amines) is 1. The van der Waals surface area contributed by atoms with E-state index in [9.17, 15) is 13.6 Å². The number of nitrogens with zero attached hydrogens (tertiary/aromatic N) is 1. The Hall–Kier alpha value is -1.24. The summed E-state index contributed by atoms with van der Waals surface area (Å²) in [5.41, 5.74) is -0.0388. The first-order chi connectivity index (χ1) is 11.0. The van der Waals surface area contributed by atoms with Gasteiger partial charge in [-0.2, -0.15) is 0 Å². The lowest BCUT2D eigenvalue weighted by molar-refractivity contribution is 0.0925. The van der Waals surface area contributed by atoms with E-state index in [0.717, 1.165) is 51.2 Å². The fourth-order valence-electron chi connectivity index (χ4n) is 2.66. The predicted octanol–water partition coefficient (Wildman–Crippen LogP) is 2.71. The minimum Gasteiger partial charge on any atom is -0.383 e.